The number of nitrogens with one attached hydrogen (secondary N) is 1. The van der Waals surface area contributed by atoms with Crippen molar-refractivity contribution in [3.63, 3.8) is 0 Å². The summed E-state index contributed by atoms with van der Waals surface area (Å²) in [5, 5.41) is 16.5. The highest BCUT2D eigenvalue weighted by Gasteiger charge is 2.50. The number of hydrogen-bond donors (Lipinski definition) is 2. The maximum Gasteiger partial charge on any atom is 0.408 e. The Hall–Kier alpha value is -2.25. The number of carbonyl (C=O) groups is 2. The van der Waals surface area contributed by atoms with Gasteiger partial charge in [-0.2, -0.15) is 5.10 Å². The summed E-state index contributed by atoms with van der Waals surface area (Å²) in [4.78, 5) is 24.9. The van der Waals surface area contributed by atoms with Crippen LogP contribution in [-0.4, -0.2) is 50.7 Å². The first-order valence-corrected chi connectivity index (χ1v) is 8.19. The highest BCUT2D eigenvalue weighted by Crippen LogP contribution is 2.49. The molecule has 2 aliphatic rings. The van der Waals surface area contributed by atoms with E-state index < -0.39 is 17.8 Å². The number of ether oxygens (including phenoxy) is 1. The van der Waals surface area contributed by atoms with Crippen molar-refractivity contribution in [2.24, 2.45) is 5.41 Å². The summed E-state index contributed by atoms with van der Waals surface area (Å²) in [6.07, 6.45) is 1.74. The van der Waals surface area contributed by atoms with Crippen molar-refractivity contribution in [2.75, 3.05) is 13.1 Å². The van der Waals surface area contributed by atoms with Gasteiger partial charge in [-0.1, -0.05) is 0 Å². The van der Waals surface area contributed by atoms with Crippen molar-refractivity contribution in [1.82, 2.24) is 20.0 Å². The zero-order chi connectivity index (χ0) is 17.5. The van der Waals surface area contributed by atoms with Gasteiger partial charge in [0, 0.05) is 31.2 Å². The number of aromatic nitrogens is 2. The van der Waals surface area contributed by atoms with Gasteiger partial charge in [0.2, 0.25) is 0 Å². The minimum Gasteiger partial charge on any atom is -0.465 e. The molecule has 1 spiro atoms. The first-order chi connectivity index (χ1) is 11.2. The van der Waals surface area contributed by atoms with E-state index in [0.29, 0.717) is 32.5 Å². The zero-order valence-electron chi connectivity index (χ0n) is 14.3. The minimum absolute atomic E-state index is 0.216. The first-order valence-electron chi connectivity index (χ1n) is 8.19. The van der Waals surface area contributed by atoms with E-state index in [-0.39, 0.29) is 11.5 Å². The predicted molar refractivity (Wildman–Crippen MR) is 85.6 cm³/mol. The van der Waals surface area contributed by atoms with Crippen LogP contribution in [-0.2, 0) is 11.3 Å². The van der Waals surface area contributed by atoms with E-state index in [0.717, 1.165) is 5.69 Å². The summed E-state index contributed by atoms with van der Waals surface area (Å²) in [5.74, 6) is 0. The number of fused-ring (bicyclic) bond motifs is 1. The molecule has 3 rings (SSSR count). The number of amides is 2. The van der Waals surface area contributed by atoms with E-state index in [1.165, 1.54) is 4.90 Å². The molecule has 1 saturated heterocycles. The maximum absolute atomic E-state index is 12.3. The van der Waals surface area contributed by atoms with Crippen molar-refractivity contribution in [3.8, 4) is 0 Å². The van der Waals surface area contributed by atoms with Crippen LogP contribution in [0, 0.1) is 5.41 Å². The largest absolute Gasteiger partial charge is 0.465 e. The van der Waals surface area contributed by atoms with E-state index in [1.807, 2.05) is 31.5 Å². The second kappa shape index (κ2) is 5.68. The number of hydrogen-bond acceptors (Lipinski definition) is 4. The normalized spacial score (nSPS) is 22.3. The first kappa shape index (κ1) is 16.6. The van der Waals surface area contributed by atoms with Crippen LogP contribution in [0.15, 0.2) is 12.3 Å². The van der Waals surface area contributed by atoms with Crippen molar-refractivity contribution in [2.45, 2.75) is 51.8 Å². The molecular weight excluding hydrogens is 312 g/mol. The average Bonchev–Trinajstić information content (AvgIpc) is 2.99. The fourth-order valence-corrected chi connectivity index (χ4v) is 3.67. The van der Waals surface area contributed by atoms with Gasteiger partial charge in [0.1, 0.15) is 5.60 Å². The Morgan fingerprint density at radius 2 is 2.04 bits per heavy atom. The van der Waals surface area contributed by atoms with Gasteiger partial charge in [0.05, 0.1) is 11.7 Å². The van der Waals surface area contributed by atoms with Gasteiger partial charge in [-0.25, -0.2) is 9.59 Å². The SMILES string of the molecule is CC(C)(C)OC(=O)N[C@@H]1c2ccnn2CC12CCN(C(=O)O)CC2. The number of rotatable bonds is 1. The lowest BCUT2D eigenvalue weighted by atomic mass is 9.73. The van der Waals surface area contributed by atoms with Crippen LogP contribution in [0.2, 0.25) is 0 Å². The molecule has 2 N–H and O–H groups in total. The lowest BCUT2D eigenvalue weighted by Gasteiger charge is -2.41. The summed E-state index contributed by atoms with van der Waals surface area (Å²) in [6.45, 7) is 7.09. The van der Waals surface area contributed by atoms with Gasteiger partial charge in [-0.15, -0.1) is 0 Å². The zero-order valence-corrected chi connectivity index (χ0v) is 14.3. The van der Waals surface area contributed by atoms with Gasteiger partial charge in [-0.05, 0) is 39.7 Å². The molecule has 1 aromatic rings. The summed E-state index contributed by atoms with van der Waals surface area (Å²) in [5.41, 5.74) is 0.166. The fraction of sp³-hybridized carbons (Fsp3) is 0.688. The van der Waals surface area contributed by atoms with Gasteiger partial charge < -0.3 is 20.1 Å². The van der Waals surface area contributed by atoms with Crippen LogP contribution in [0.1, 0.15) is 45.3 Å². The third-order valence-corrected chi connectivity index (χ3v) is 4.81. The molecule has 1 atom stereocenters. The van der Waals surface area contributed by atoms with Crippen LogP contribution in [0.3, 0.4) is 0 Å². The van der Waals surface area contributed by atoms with Gasteiger partial charge in [0.25, 0.3) is 0 Å². The van der Waals surface area contributed by atoms with E-state index >= 15 is 0 Å². The van der Waals surface area contributed by atoms with Gasteiger partial charge >= 0.3 is 12.2 Å². The van der Waals surface area contributed by atoms with E-state index in [9.17, 15) is 9.59 Å². The molecule has 0 bridgehead atoms. The molecule has 0 aliphatic carbocycles. The second-order valence-electron chi connectivity index (χ2n) is 7.62. The predicted octanol–water partition coefficient (Wildman–Crippen LogP) is 2.22. The lowest BCUT2D eigenvalue weighted by Crippen LogP contribution is -2.48. The summed E-state index contributed by atoms with van der Waals surface area (Å²) in [6, 6.07) is 1.69. The second-order valence-corrected chi connectivity index (χ2v) is 7.62. The Labute approximate surface area is 140 Å². The third kappa shape index (κ3) is 3.05. The molecule has 0 radical (unpaired) electrons. The van der Waals surface area contributed by atoms with Crippen LogP contribution >= 0.6 is 0 Å². The number of likely N-dealkylation sites (tertiary alicyclic amines) is 1. The molecule has 1 fully saturated rings. The van der Waals surface area contributed by atoms with Crippen molar-refractivity contribution < 1.29 is 19.4 Å². The van der Waals surface area contributed by atoms with Crippen LogP contribution < -0.4 is 5.32 Å². The van der Waals surface area contributed by atoms with Gasteiger partial charge in [-0.3, -0.25) is 4.68 Å². The summed E-state index contributed by atoms with van der Waals surface area (Å²) in [7, 11) is 0. The Morgan fingerprint density at radius 3 is 2.62 bits per heavy atom. The molecule has 0 saturated carbocycles. The molecule has 2 aliphatic heterocycles. The molecule has 24 heavy (non-hydrogen) atoms. The topological polar surface area (TPSA) is 96.7 Å². The maximum atomic E-state index is 12.3. The number of piperidine rings is 1. The molecule has 3 heterocycles. The van der Waals surface area contributed by atoms with Crippen LogP contribution in [0.25, 0.3) is 0 Å². The number of carbonyl (C=O) groups excluding carboxylic acids is 1. The molecule has 0 unspecified atom stereocenters. The van der Waals surface area contributed by atoms with E-state index in [2.05, 4.69) is 10.4 Å². The third-order valence-electron chi connectivity index (χ3n) is 4.81. The number of nitrogens with zero attached hydrogens (tertiary/aromatic N) is 3. The van der Waals surface area contributed by atoms with Gasteiger partial charge in [0.15, 0.2) is 0 Å². The molecule has 8 nitrogen and oxygen atoms in total. The highest BCUT2D eigenvalue weighted by molar-refractivity contribution is 5.68. The highest BCUT2D eigenvalue weighted by atomic mass is 16.6. The Balaban J connectivity index is 1.78. The van der Waals surface area contributed by atoms with E-state index in [1.54, 1.807) is 6.20 Å². The average molecular weight is 336 g/mol. The monoisotopic (exact) mass is 336 g/mol. The molecule has 0 aromatic carbocycles. The molecule has 132 valence electrons. The van der Waals surface area contributed by atoms with Crippen LogP contribution in [0.5, 0.6) is 0 Å². The minimum atomic E-state index is -0.891. The molecule has 2 amide bonds. The Morgan fingerprint density at radius 1 is 1.38 bits per heavy atom. The van der Waals surface area contributed by atoms with Crippen molar-refractivity contribution in [3.05, 3.63) is 18.0 Å². The quantitative estimate of drug-likeness (QED) is 0.819. The fourth-order valence-electron chi connectivity index (χ4n) is 3.67. The summed E-state index contributed by atoms with van der Waals surface area (Å²) >= 11 is 0. The summed E-state index contributed by atoms with van der Waals surface area (Å²) < 4.78 is 7.30. The lowest BCUT2D eigenvalue weighted by molar-refractivity contribution is 0.0333. The standard InChI is InChI=1S/C16H24N4O4/c1-15(2,3)24-13(21)18-12-11-4-7-17-20(11)10-16(12)5-8-19(9-6-16)14(22)23/h4,7,12H,5-6,8-10H2,1-3H3,(H,18,21)(H,22,23)/t12-/m1/s1. The number of carboxylic acid groups (broad SMARTS) is 1. The Kier molecular flexibility index (Phi) is 3.93. The molecule has 1 aromatic heterocycles. The van der Waals surface area contributed by atoms with Crippen LogP contribution in [0.4, 0.5) is 9.59 Å². The van der Waals surface area contributed by atoms with Crippen molar-refractivity contribution >= 4 is 12.2 Å². The molecule has 8 heteroatoms. The van der Waals surface area contributed by atoms with E-state index in [4.69, 9.17) is 9.84 Å². The Bertz CT molecular complexity index is 641. The number of alkyl carbamates (subject to hydrolysis) is 1. The smallest absolute Gasteiger partial charge is 0.408 e. The molecular formula is C16H24N4O4. The van der Waals surface area contributed by atoms with Crippen molar-refractivity contribution in [1.29, 1.82) is 0 Å².